The van der Waals surface area contributed by atoms with Crippen LogP contribution in [0.25, 0.3) is 11.0 Å². The highest BCUT2D eigenvalue weighted by Crippen LogP contribution is 2.37. The average Bonchev–Trinajstić information content (AvgIpc) is 2.93. The molecule has 9 nitrogen and oxygen atoms in total. The molecule has 0 saturated carbocycles. The molecule has 0 N–H and O–H groups in total. The van der Waals surface area contributed by atoms with Crippen molar-refractivity contribution in [2.45, 2.75) is 6.54 Å². The molecular formula is C28H33FN2O7. The van der Waals surface area contributed by atoms with Gasteiger partial charge < -0.3 is 33.0 Å². The number of fused-ring (bicyclic) bond motifs is 3. The number of piperazine rings is 1. The number of nitrogens with zero attached hydrogens (tertiary/aromatic N) is 2. The fourth-order valence-electron chi connectivity index (χ4n) is 4.64. The molecule has 2 aromatic carbocycles. The van der Waals surface area contributed by atoms with Crippen molar-refractivity contribution in [3.8, 4) is 11.5 Å². The van der Waals surface area contributed by atoms with Crippen molar-refractivity contribution in [3.63, 3.8) is 0 Å². The summed E-state index contributed by atoms with van der Waals surface area (Å²) in [5, 5.41) is 0.802. The van der Waals surface area contributed by atoms with E-state index in [1.165, 1.54) is 12.1 Å². The van der Waals surface area contributed by atoms with E-state index in [1.54, 1.807) is 18.2 Å². The zero-order valence-corrected chi connectivity index (χ0v) is 21.4. The van der Waals surface area contributed by atoms with E-state index in [4.69, 9.17) is 28.1 Å². The number of benzene rings is 2. The second kappa shape index (κ2) is 13.1. The van der Waals surface area contributed by atoms with E-state index in [2.05, 4.69) is 9.80 Å². The van der Waals surface area contributed by atoms with Crippen LogP contribution in [0.15, 0.2) is 51.7 Å². The molecule has 0 amide bonds. The Kier molecular flexibility index (Phi) is 9.08. The van der Waals surface area contributed by atoms with Crippen LogP contribution in [0.4, 0.5) is 10.1 Å². The molecule has 0 atom stereocenters. The topological polar surface area (TPSA) is 82.8 Å². The van der Waals surface area contributed by atoms with Crippen molar-refractivity contribution in [1.29, 1.82) is 0 Å². The lowest BCUT2D eigenvalue weighted by molar-refractivity contribution is 0.00709. The summed E-state index contributed by atoms with van der Waals surface area (Å²) in [4.78, 5) is 17.2. The van der Waals surface area contributed by atoms with Crippen LogP contribution in [0.5, 0.6) is 11.5 Å². The molecule has 0 unspecified atom stereocenters. The van der Waals surface area contributed by atoms with Crippen LogP contribution in [0.1, 0.15) is 5.56 Å². The van der Waals surface area contributed by atoms with Crippen molar-refractivity contribution in [2.24, 2.45) is 0 Å². The Bertz CT molecular complexity index is 1240. The summed E-state index contributed by atoms with van der Waals surface area (Å²) < 4.78 is 47.5. The molecule has 2 aliphatic heterocycles. The lowest BCUT2D eigenvalue weighted by Crippen LogP contribution is -2.46. The van der Waals surface area contributed by atoms with Crippen LogP contribution in [0, 0.1) is 5.82 Å². The van der Waals surface area contributed by atoms with Gasteiger partial charge in [-0.1, -0.05) is 0 Å². The molecule has 1 fully saturated rings. The van der Waals surface area contributed by atoms with Crippen LogP contribution >= 0.6 is 0 Å². The fraction of sp³-hybridized carbons (Fsp3) is 0.464. The quantitative estimate of drug-likeness (QED) is 0.477. The summed E-state index contributed by atoms with van der Waals surface area (Å²) in [5.41, 5.74) is 1.80. The monoisotopic (exact) mass is 528 g/mol. The van der Waals surface area contributed by atoms with Gasteiger partial charge in [0, 0.05) is 49.9 Å². The molecule has 1 saturated heterocycles. The summed E-state index contributed by atoms with van der Waals surface area (Å²) in [6.45, 7) is 7.08. The number of halogens is 1. The first-order valence-electron chi connectivity index (χ1n) is 13.0. The Balaban J connectivity index is 1.33. The van der Waals surface area contributed by atoms with Crippen LogP contribution in [0.3, 0.4) is 0 Å². The second-order valence-electron chi connectivity index (χ2n) is 9.13. The first kappa shape index (κ1) is 26.4. The number of hydrogen-bond donors (Lipinski definition) is 0. The van der Waals surface area contributed by atoms with Crippen LogP contribution in [-0.4, -0.2) is 83.9 Å². The summed E-state index contributed by atoms with van der Waals surface area (Å²) in [5.74, 6) is 0.636. The van der Waals surface area contributed by atoms with E-state index in [0.717, 1.165) is 42.8 Å². The summed E-state index contributed by atoms with van der Waals surface area (Å²) in [7, 11) is 0. The molecule has 0 aliphatic carbocycles. The minimum absolute atomic E-state index is 0.237. The molecule has 5 rings (SSSR count). The van der Waals surface area contributed by atoms with Crippen LogP contribution in [-0.2, 0) is 20.8 Å². The molecule has 1 aromatic heterocycles. The number of anilines is 1. The van der Waals surface area contributed by atoms with Gasteiger partial charge in [0.15, 0.2) is 11.3 Å². The second-order valence-corrected chi connectivity index (χ2v) is 9.13. The third kappa shape index (κ3) is 6.82. The maximum atomic E-state index is 13.3. The van der Waals surface area contributed by atoms with Crippen molar-refractivity contribution in [3.05, 3.63) is 64.3 Å². The molecule has 0 spiro atoms. The predicted molar refractivity (Wildman–Crippen MR) is 140 cm³/mol. The molecule has 0 radical (unpaired) electrons. The third-order valence-electron chi connectivity index (χ3n) is 6.58. The number of ether oxygens (including phenoxy) is 5. The smallest absolute Gasteiger partial charge is 0.336 e. The van der Waals surface area contributed by atoms with Gasteiger partial charge in [-0.05, 0) is 42.0 Å². The maximum absolute atomic E-state index is 13.3. The lowest BCUT2D eigenvalue weighted by atomic mass is 10.1. The highest BCUT2D eigenvalue weighted by Gasteiger charge is 2.21. The molecule has 2 aliphatic rings. The van der Waals surface area contributed by atoms with E-state index in [9.17, 15) is 9.18 Å². The highest BCUT2D eigenvalue weighted by atomic mass is 19.1. The molecular weight excluding hydrogens is 495 g/mol. The van der Waals surface area contributed by atoms with Crippen molar-refractivity contribution < 1.29 is 32.5 Å². The van der Waals surface area contributed by atoms with Gasteiger partial charge in [-0.25, -0.2) is 9.18 Å². The third-order valence-corrected chi connectivity index (χ3v) is 6.58. The summed E-state index contributed by atoms with van der Waals surface area (Å²) >= 11 is 0. The molecule has 204 valence electrons. The van der Waals surface area contributed by atoms with Gasteiger partial charge in [-0.2, -0.15) is 0 Å². The van der Waals surface area contributed by atoms with Crippen LogP contribution < -0.4 is 20.0 Å². The molecule has 3 aromatic rings. The van der Waals surface area contributed by atoms with Crippen molar-refractivity contribution in [1.82, 2.24) is 4.90 Å². The Labute approximate surface area is 220 Å². The summed E-state index contributed by atoms with van der Waals surface area (Å²) in [6, 6.07) is 11.9. The Morgan fingerprint density at radius 2 is 1.37 bits per heavy atom. The first-order valence-corrected chi connectivity index (χ1v) is 13.0. The van der Waals surface area contributed by atoms with Crippen molar-refractivity contribution >= 4 is 16.7 Å². The molecule has 10 heteroatoms. The Morgan fingerprint density at radius 3 is 2.05 bits per heavy atom. The standard InChI is InChI=1S/C28H33FN2O7/c29-22-1-3-23(4-2-22)31-9-7-30(8-10-31)20-21-19-26(32)38-27-24(21)5-6-25-28(27)37-18-16-35-14-12-33-11-13-34-15-17-36-25/h1-6,19H,7-18,20H2. The lowest BCUT2D eigenvalue weighted by Gasteiger charge is -2.36. The molecule has 38 heavy (non-hydrogen) atoms. The van der Waals surface area contributed by atoms with E-state index < -0.39 is 5.63 Å². The van der Waals surface area contributed by atoms with E-state index >= 15 is 0 Å². The molecule has 3 heterocycles. The van der Waals surface area contributed by atoms with Gasteiger partial charge in [0.25, 0.3) is 0 Å². The van der Waals surface area contributed by atoms with Gasteiger partial charge in [0.05, 0.1) is 39.6 Å². The van der Waals surface area contributed by atoms with Gasteiger partial charge in [0.1, 0.15) is 19.0 Å². The molecule has 0 bridgehead atoms. The van der Waals surface area contributed by atoms with E-state index in [-0.39, 0.29) is 12.4 Å². The highest BCUT2D eigenvalue weighted by molar-refractivity contribution is 5.88. The summed E-state index contributed by atoms with van der Waals surface area (Å²) in [6.07, 6.45) is 0. The minimum atomic E-state index is -0.443. The van der Waals surface area contributed by atoms with Gasteiger partial charge >= 0.3 is 5.63 Å². The van der Waals surface area contributed by atoms with E-state index in [1.807, 2.05) is 12.1 Å². The zero-order chi connectivity index (χ0) is 26.2. The minimum Gasteiger partial charge on any atom is -0.487 e. The van der Waals surface area contributed by atoms with Gasteiger partial charge in [-0.3, -0.25) is 4.90 Å². The predicted octanol–water partition coefficient (Wildman–Crippen LogP) is 3.08. The van der Waals surface area contributed by atoms with Gasteiger partial charge in [-0.15, -0.1) is 0 Å². The zero-order valence-electron chi connectivity index (χ0n) is 21.4. The van der Waals surface area contributed by atoms with E-state index in [0.29, 0.717) is 69.9 Å². The normalized spacial score (nSPS) is 18.6. The first-order chi connectivity index (χ1) is 18.7. The Hall–Kier alpha value is -3.18. The largest absolute Gasteiger partial charge is 0.487 e. The maximum Gasteiger partial charge on any atom is 0.336 e. The van der Waals surface area contributed by atoms with Gasteiger partial charge in [0.2, 0.25) is 5.75 Å². The average molecular weight is 529 g/mol. The van der Waals surface area contributed by atoms with Crippen molar-refractivity contribution in [2.75, 3.05) is 83.9 Å². The SMILES string of the molecule is O=c1cc(CN2CCN(c3ccc(F)cc3)CC2)c2ccc3c(c2o1)OCCOCCOCCOCCO3. The van der Waals surface area contributed by atoms with Crippen LogP contribution in [0.2, 0.25) is 0 Å². The number of rotatable bonds is 3. The fourth-order valence-corrected chi connectivity index (χ4v) is 4.64. The number of hydrogen-bond acceptors (Lipinski definition) is 9. The Morgan fingerprint density at radius 1 is 0.737 bits per heavy atom.